The van der Waals surface area contributed by atoms with Crippen molar-refractivity contribution in [2.24, 2.45) is 0 Å². The van der Waals surface area contributed by atoms with E-state index >= 15 is 0 Å². The van der Waals surface area contributed by atoms with Gasteiger partial charge in [0.1, 0.15) is 5.82 Å². The minimum absolute atomic E-state index is 0.0566. The third-order valence-electron chi connectivity index (χ3n) is 4.23. The van der Waals surface area contributed by atoms with Gasteiger partial charge in [-0.15, -0.1) is 0 Å². The van der Waals surface area contributed by atoms with Gasteiger partial charge in [-0.3, -0.25) is 4.79 Å². The minimum atomic E-state index is -4.05. The Hall–Kier alpha value is -2.70. The maximum atomic E-state index is 13.2. The van der Waals surface area contributed by atoms with Crippen LogP contribution in [0.4, 0.5) is 4.39 Å². The van der Waals surface area contributed by atoms with Gasteiger partial charge in [-0.2, -0.15) is 0 Å². The molecule has 4 nitrogen and oxygen atoms in total. The van der Waals surface area contributed by atoms with Crippen molar-refractivity contribution >= 4 is 27.5 Å². The molecule has 0 fully saturated rings. The highest BCUT2D eigenvalue weighted by Crippen LogP contribution is 2.23. The molecule has 1 atom stereocenters. The molecule has 0 saturated heterocycles. The van der Waals surface area contributed by atoms with Crippen molar-refractivity contribution in [2.75, 3.05) is 0 Å². The standard InChI is InChI=1S/C21H17ClFNO3S/c22-17-8-12-19(13-9-17)28(26,27)24-21(25)20(16-4-2-1-3-5-16)14-15-6-10-18(23)11-7-15/h1-13,20H,14H2,(H,24,25)/t20-/m1/s1. The molecule has 1 amide bonds. The van der Waals surface area contributed by atoms with E-state index < -0.39 is 21.8 Å². The van der Waals surface area contributed by atoms with E-state index in [1.165, 1.54) is 36.4 Å². The molecule has 0 aliphatic carbocycles. The van der Waals surface area contributed by atoms with Crippen LogP contribution in [0.25, 0.3) is 0 Å². The van der Waals surface area contributed by atoms with E-state index in [9.17, 15) is 17.6 Å². The third kappa shape index (κ3) is 4.97. The molecule has 0 aliphatic rings. The first kappa shape index (κ1) is 20.0. The van der Waals surface area contributed by atoms with Gasteiger partial charge in [0.15, 0.2) is 0 Å². The van der Waals surface area contributed by atoms with Crippen LogP contribution in [0.2, 0.25) is 5.02 Å². The number of hydrogen-bond acceptors (Lipinski definition) is 3. The van der Waals surface area contributed by atoms with Gasteiger partial charge in [-0.25, -0.2) is 17.5 Å². The van der Waals surface area contributed by atoms with Crippen LogP contribution in [0.1, 0.15) is 17.0 Å². The van der Waals surface area contributed by atoms with E-state index in [1.807, 2.05) is 0 Å². The van der Waals surface area contributed by atoms with Crippen LogP contribution in [-0.4, -0.2) is 14.3 Å². The fourth-order valence-electron chi connectivity index (χ4n) is 2.78. The van der Waals surface area contributed by atoms with E-state index in [4.69, 9.17) is 11.6 Å². The number of sulfonamides is 1. The Labute approximate surface area is 168 Å². The summed E-state index contributed by atoms with van der Waals surface area (Å²) >= 11 is 5.79. The zero-order valence-corrected chi connectivity index (χ0v) is 16.3. The summed E-state index contributed by atoms with van der Waals surface area (Å²) in [5.74, 6) is -1.80. The molecule has 3 aromatic rings. The van der Waals surface area contributed by atoms with Crippen LogP contribution < -0.4 is 4.72 Å². The van der Waals surface area contributed by atoms with E-state index in [1.54, 1.807) is 42.5 Å². The average Bonchev–Trinajstić information content (AvgIpc) is 2.68. The molecule has 0 saturated carbocycles. The number of hydrogen-bond donors (Lipinski definition) is 1. The summed E-state index contributed by atoms with van der Waals surface area (Å²) in [7, 11) is -4.05. The minimum Gasteiger partial charge on any atom is -0.273 e. The second-order valence-electron chi connectivity index (χ2n) is 6.22. The largest absolute Gasteiger partial charge is 0.273 e. The second kappa shape index (κ2) is 8.54. The molecular weight excluding hydrogens is 401 g/mol. The Morgan fingerprint density at radius 2 is 1.54 bits per heavy atom. The van der Waals surface area contributed by atoms with Crippen LogP contribution >= 0.6 is 11.6 Å². The van der Waals surface area contributed by atoms with Crippen LogP contribution in [0, 0.1) is 5.82 Å². The number of amides is 1. The lowest BCUT2D eigenvalue weighted by molar-refractivity contribution is -0.120. The highest BCUT2D eigenvalue weighted by atomic mass is 35.5. The molecule has 0 unspecified atom stereocenters. The predicted octanol–water partition coefficient (Wildman–Crippen LogP) is 4.31. The van der Waals surface area contributed by atoms with Crippen molar-refractivity contribution in [3.8, 4) is 0 Å². The fourth-order valence-corrected chi connectivity index (χ4v) is 3.93. The number of carbonyl (C=O) groups excluding carboxylic acids is 1. The van der Waals surface area contributed by atoms with Gasteiger partial charge >= 0.3 is 0 Å². The highest BCUT2D eigenvalue weighted by molar-refractivity contribution is 7.90. The number of benzene rings is 3. The lowest BCUT2D eigenvalue weighted by Crippen LogP contribution is -2.35. The lowest BCUT2D eigenvalue weighted by Gasteiger charge is -2.18. The second-order valence-corrected chi connectivity index (χ2v) is 8.34. The van der Waals surface area contributed by atoms with Crippen molar-refractivity contribution in [3.63, 3.8) is 0 Å². The van der Waals surface area contributed by atoms with Crippen molar-refractivity contribution in [3.05, 3.63) is 101 Å². The Kier molecular flexibility index (Phi) is 6.11. The van der Waals surface area contributed by atoms with Gasteiger partial charge in [-0.05, 0) is 53.9 Å². The summed E-state index contributed by atoms with van der Waals surface area (Å²) in [5, 5.41) is 0.392. The van der Waals surface area contributed by atoms with Crippen molar-refractivity contribution in [1.29, 1.82) is 0 Å². The van der Waals surface area contributed by atoms with E-state index in [0.717, 1.165) is 0 Å². The van der Waals surface area contributed by atoms with Gasteiger partial charge in [0.2, 0.25) is 5.91 Å². The Morgan fingerprint density at radius 1 is 0.929 bits per heavy atom. The molecule has 0 spiro atoms. The summed E-state index contributed by atoms with van der Waals surface area (Å²) in [6.45, 7) is 0. The number of carbonyl (C=O) groups is 1. The van der Waals surface area contributed by atoms with Gasteiger partial charge in [0.25, 0.3) is 10.0 Å². The molecule has 3 rings (SSSR count). The molecule has 7 heteroatoms. The summed E-state index contributed by atoms with van der Waals surface area (Å²) < 4.78 is 40.4. The zero-order valence-electron chi connectivity index (χ0n) is 14.7. The average molecular weight is 418 g/mol. The number of halogens is 2. The molecule has 144 valence electrons. The van der Waals surface area contributed by atoms with Gasteiger partial charge in [-0.1, -0.05) is 54.1 Å². The maximum absolute atomic E-state index is 13.2. The van der Waals surface area contributed by atoms with Gasteiger partial charge < -0.3 is 0 Å². The van der Waals surface area contributed by atoms with Gasteiger partial charge in [0, 0.05) is 5.02 Å². The molecule has 0 heterocycles. The van der Waals surface area contributed by atoms with E-state index in [2.05, 4.69) is 4.72 Å². The molecule has 28 heavy (non-hydrogen) atoms. The topological polar surface area (TPSA) is 63.2 Å². The normalized spacial score (nSPS) is 12.4. The van der Waals surface area contributed by atoms with Crippen molar-refractivity contribution in [1.82, 2.24) is 4.72 Å². The number of rotatable bonds is 6. The molecule has 0 aliphatic heterocycles. The summed E-state index contributed by atoms with van der Waals surface area (Å²) in [6, 6.07) is 20.2. The molecule has 0 aromatic heterocycles. The molecule has 0 bridgehead atoms. The van der Waals surface area contributed by atoms with Crippen LogP contribution in [-0.2, 0) is 21.2 Å². The molecule has 3 aromatic carbocycles. The monoisotopic (exact) mass is 417 g/mol. The van der Waals surface area contributed by atoms with E-state index in [0.29, 0.717) is 16.1 Å². The summed E-state index contributed by atoms with van der Waals surface area (Å²) in [4.78, 5) is 12.8. The van der Waals surface area contributed by atoms with Crippen molar-refractivity contribution < 1.29 is 17.6 Å². The quantitative estimate of drug-likeness (QED) is 0.650. The smallest absolute Gasteiger partial charge is 0.264 e. The predicted molar refractivity (Wildman–Crippen MR) is 106 cm³/mol. The lowest BCUT2D eigenvalue weighted by atomic mass is 9.91. The first-order valence-corrected chi connectivity index (χ1v) is 10.3. The maximum Gasteiger partial charge on any atom is 0.264 e. The first-order valence-electron chi connectivity index (χ1n) is 8.47. The fraction of sp³-hybridized carbons (Fsp3) is 0.0952. The third-order valence-corrected chi connectivity index (χ3v) is 5.85. The Bertz CT molecular complexity index is 1050. The van der Waals surface area contributed by atoms with Crippen LogP contribution in [0.15, 0.2) is 83.8 Å². The Balaban J connectivity index is 1.88. The number of nitrogens with one attached hydrogen (secondary N) is 1. The SMILES string of the molecule is O=C(NS(=O)(=O)c1ccc(Cl)cc1)[C@H](Cc1ccc(F)cc1)c1ccccc1. The van der Waals surface area contributed by atoms with Crippen molar-refractivity contribution in [2.45, 2.75) is 17.2 Å². The molecule has 0 radical (unpaired) electrons. The Morgan fingerprint density at radius 3 is 2.14 bits per heavy atom. The summed E-state index contributed by atoms with van der Waals surface area (Å²) in [5.41, 5.74) is 1.38. The molecule has 1 N–H and O–H groups in total. The van der Waals surface area contributed by atoms with E-state index in [-0.39, 0.29) is 17.1 Å². The van der Waals surface area contributed by atoms with Crippen LogP contribution in [0.5, 0.6) is 0 Å². The first-order chi connectivity index (χ1) is 13.3. The summed E-state index contributed by atoms with van der Waals surface area (Å²) in [6.07, 6.45) is 0.228. The zero-order chi connectivity index (χ0) is 20.1. The molecular formula is C21H17ClFNO3S. The van der Waals surface area contributed by atoms with Crippen LogP contribution in [0.3, 0.4) is 0 Å². The highest BCUT2D eigenvalue weighted by Gasteiger charge is 2.26. The van der Waals surface area contributed by atoms with Gasteiger partial charge in [0.05, 0.1) is 10.8 Å².